The monoisotopic (exact) mass is 686 g/mol. The molecule has 1 aliphatic rings. The first-order valence-corrected chi connectivity index (χ1v) is 14.9. The molecule has 0 nitrogen and oxygen atoms in total. The van der Waals surface area contributed by atoms with Gasteiger partial charge in [-0.05, 0) is 78.5 Å². The number of halogens is 3. The number of hydrogen-bond donors (Lipinski definition) is 0. The van der Waals surface area contributed by atoms with E-state index in [9.17, 15) is 0 Å². The lowest BCUT2D eigenvalue weighted by atomic mass is 9.68. The first-order chi connectivity index (χ1) is 11.9. The summed E-state index contributed by atoms with van der Waals surface area (Å²) in [7, 11) is 0. The van der Waals surface area contributed by atoms with Gasteiger partial charge in [-0.25, -0.2) is 0 Å². The van der Waals surface area contributed by atoms with Crippen LogP contribution in [-0.2, 0) is 0 Å². The molecule has 0 heterocycles. The molecule has 3 heteroatoms. The van der Waals surface area contributed by atoms with Crippen LogP contribution in [0.3, 0.4) is 0 Å². The maximum absolute atomic E-state index is 2.73. The third kappa shape index (κ3) is 9.03. The van der Waals surface area contributed by atoms with Crippen molar-refractivity contribution in [1.29, 1.82) is 0 Å². The van der Waals surface area contributed by atoms with Crippen LogP contribution in [0.25, 0.3) is 0 Å². The Hall–Kier alpha value is 2.19. The molecule has 5 unspecified atom stereocenters. The van der Waals surface area contributed by atoms with Gasteiger partial charge in [0.25, 0.3) is 0 Å². The minimum Gasteiger partial charge on any atom is -0.0864 e. The van der Waals surface area contributed by atoms with E-state index in [1.165, 1.54) is 73.1 Å². The van der Waals surface area contributed by atoms with Crippen molar-refractivity contribution in [3.63, 3.8) is 0 Å². The van der Waals surface area contributed by atoms with Gasteiger partial charge >= 0.3 is 0 Å². The fourth-order valence-electron chi connectivity index (χ4n) is 5.02. The normalized spacial score (nSPS) is 30.8. The molecule has 0 aliphatic heterocycles. The van der Waals surface area contributed by atoms with Crippen LogP contribution in [0.4, 0.5) is 0 Å². The molecule has 0 amide bonds. The Morgan fingerprint density at radius 3 is 2.32 bits per heavy atom. The Kier molecular flexibility index (Phi) is 13.5. The zero-order valence-electron chi connectivity index (χ0n) is 17.0. The molecule has 0 aromatic carbocycles. The van der Waals surface area contributed by atoms with E-state index in [1.54, 1.807) is 0 Å². The molecule has 0 N–H and O–H groups in total. The summed E-state index contributed by atoms with van der Waals surface area (Å²) in [5, 5.41) is 0. The fraction of sp³-hybridized carbons (Fsp3) is 1.00. The van der Waals surface area contributed by atoms with Crippen LogP contribution in [0.2, 0.25) is 0 Å². The molecule has 1 rings (SSSR count). The Labute approximate surface area is 199 Å². The highest BCUT2D eigenvalue weighted by Crippen LogP contribution is 2.44. The van der Waals surface area contributed by atoms with Gasteiger partial charge in [0.15, 0.2) is 0 Å². The molecule has 6 atom stereocenters. The van der Waals surface area contributed by atoms with E-state index < -0.39 is 0 Å². The summed E-state index contributed by atoms with van der Waals surface area (Å²) in [5.41, 5.74) is 0.601. The molecule has 0 saturated heterocycles. The minimum atomic E-state index is 0.601. The summed E-state index contributed by atoms with van der Waals surface area (Å²) in [4.78, 5) is 0. The van der Waals surface area contributed by atoms with Gasteiger partial charge in [0.05, 0.1) is 0 Å². The Bertz CT molecular complexity index is 344. The summed E-state index contributed by atoms with van der Waals surface area (Å²) in [6.07, 6.45) is 14.4. The van der Waals surface area contributed by atoms with Crippen molar-refractivity contribution >= 4 is 67.8 Å². The van der Waals surface area contributed by atoms with Gasteiger partial charge in [-0.15, -0.1) is 0 Å². The van der Waals surface area contributed by atoms with Crippen LogP contribution in [0.15, 0.2) is 0 Å². The van der Waals surface area contributed by atoms with Crippen molar-refractivity contribution in [3.8, 4) is 0 Å². The summed E-state index contributed by atoms with van der Waals surface area (Å²) < 4.78 is 3.55. The zero-order chi connectivity index (χ0) is 18.9. The van der Waals surface area contributed by atoms with E-state index in [2.05, 4.69) is 95.5 Å². The molecule has 0 radical (unpaired) electrons. The van der Waals surface area contributed by atoms with Crippen LogP contribution in [0.5, 0.6) is 0 Å². The van der Waals surface area contributed by atoms with Crippen molar-refractivity contribution in [1.82, 2.24) is 0 Å². The van der Waals surface area contributed by atoms with Crippen LogP contribution >= 0.6 is 67.8 Å². The maximum atomic E-state index is 2.73. The van der Waals surface area contributed by atoms with Gasteiger partial charge in [-0.2, -0.15) is 0 Å². The Morgan fingerprint density at radius 1 is 1.04 bits per heavy atom. The van der Waals surface area contributed by atoms with Crippen LogP contribution < -0.4 is 0 Å². The molecule has 1 saturated carbocycles. The Balaban J connectivity index is 2.45. The lowest BCUT2D eigenvalue weighted by Crippen LogP contribution is -2.34. The van der Waals surface area contributed by atoms with Crippen molar-refractivity contribution in [2.24, 2.45) is 29.1 Å². The molecule has 0 aromatic rings. The summed E-state index contributed by atoms with van der Waals surface area (Å²) >= 11 is 7.85. The predicted octanol–water partition coefficient (Wildman–Crippen LogP) is 9.11. The van der Waals surface area contributed by atoms with E-state index in [0.29, 0.717) is 5.41 Å². The lowest BCUT2D eigenvalue weighted by Gasteiger charge is -2.41. The predicted molar refractivity (Wildman–Crippen MR) is 141 cm³/mol. The number of alkyl halides is 3. The summed E-state index contributed by atoms with van der Waals surface area (Å²) in [6.45, 7) is 10.1. The van der Waals surface area contributed by atoms with Gasteiger partial charge in [-0.3, -0.25) is 0 Å². The second-order valence-electron chi connectivity index (χ2n) is 9.06. The molecule has 0 aromatic heterocycles. The Morgan fingerprint density at radius 2 is 1.72 bits per heavy atom. The van der Waals surface area contributed by atoms with Crippen molar-refractivity contribution in [3.05, 3.63) is 0 Å². The van der Waals surface area contributed by atoms with E-state index >= 15 is 0 Å². The standard InChI is InChI=1S/C22H41I3/c1-5-19-9-10-21(25)18(3)20(19)16-17(2)8-6-11-22(4,13-15-24)12-7-14-23/h17-21H,5-16H2,1-4H3/t17?,18?,19?,20?,21?,22-/m0/s1. The second-order valence-corrected chi connectivity index (χ2v) is 12.8. The smallest absolute Gasteiger partial charge is 0.0138 e. The van der Waals surface area contributed by atoms with Gasteiger partial charge in [-0.1, -0.05) is 115 Å². The summed E-state index contributed by atoms with van der Waals surface area (Å²) in [5.74, 6) is 3.82. The highest BCUT2D eigenvalue weighted by Gasteiger charge is 2.35. The first kappa shape index (κ1) is 25.2. The molecule has 1 aliphatic carbocycles. The SMILES string of the molecule is CCC1CCC(I)C(C)C1CC(C)CCC[C@](C)(CCI)CCCI. The van der Waals surface area contributed by atoms with E-state index in [-0.39, 0.29) is 0 Å². The van der Waals surface area contributed by atoms with Gasteiger partial charge in [0.2, 0.25) is 0 Å². The quantitative estimate of drug-likeness (QED) is 0.142. The minimum absolute atomic E-state index is 0.601. The third-order valence-corrected chi connectivity index (χ3v) is 10.0. The van der Waals surface area contributed by atoms with Crippen molar-refractivity contribution < 1.29 is 0 Å². The molecular weight excluding hydrogens is 645 g/mol. The average molecular weight is 686 g/mol. The molecule has 0 spiro atoms. The number of hydrogen-bond acceptors (Lipinski definition) is 0. The molecule has 25 heavy (non-hydrogen) atoms. The van der Waals surface area contributed by atoms with Gasteiger partial charge in [0.1, 0.15) is 0 Å². The highest BCUT2D eigenvalue weighted by atomic mass is 127. The van der Waals surface area contributed by atoms with Crippen LogP contribution in [0, 0.1) is 29.1 Å². The fourth-order valence-corrected chi connectivity index (χ4v) is 7.59. The van der Waals surface area contributed by atoms with Gasteiger partial charge in [0, 0.05) is 8.35 Å². The number of rotatable bonds is 12. The largest absolute Gasteiger partial charge is 0.0864 e. The summed E-state index contributed by atoms with van der Waals surface area (Å²) in [6, 6.07) is 0. The van der Waals surface area contributed by atoms with E-state index in [4.69, 9.17) is 0 Å². The first-order valence-electron chi connectivity index (χ1n) is 10.6. The van der Waals surface area contributed by atoms with Gasteiger partial charge < -0.3 is 0 Å². The van der Waals surface area contributed by atoms with Crippen LogP contribution in [-0.4, -0.2) is 12.8 Å². The lowest BCUT2D eigenvalue weighted by molar-refractivity contribution is 0.138. The van der Waals surface area contributed by atoms with Crippen molar-refractivity contribution in [2.45, 2.75) is 95.8 Å². The van der Waals surface area contributed by atoms with E-state index in [1.807, 2.05) is 0 Å². The highest BCUT2D eigenvalue weighted by molar-refractivity contribution is 14.1. The zero-order valence-corrected chi connectivity index (χ0v) is 23.5. The second kappa shape index (κ2) is 13.4. The van der Waals surface area contributed by atoms with Crippen molar-refractivity contribution in [2.75, 3.05) is 8.86 Å². The molecule has 150 valence electrons. The molecule has 0 bridgehead atoms. The van der Waals surface area contributed by atoms with Crippen LogP contribution in [0.1, 0.15) is 91.9 Å². The average Bonchev–Trinajstić information content (AvgIpc) is 2.58. The third-order valence-electron chi connectivity index (χ3n) is 6.95. The topological polar surface area (TPSA) is 0 Å². The van der Waals surface area contributed by atoms with E-state index in [0.717, 1.165) is 27.6 Å². The molecular formula is C22H41I3. The molecule has 1 fully saturated rings. The maximum Gasteiger partial charge on any atom is 0.0138 e.